The molecule has 0 bridgehead atoms. The van der Waals surface area contributed by atoms with Gasteiger partial charge in [-0.05, 0) is 54.1 Å². The first kappa shape index (κ1) is 24.2. The summed E-state index contributed by atoms with van der Waals surface area (Å²) in [5, 5.41) is 2.06. The lowest BCUT2D eigenvalue weighted by Crippen LogP contribution is -2.46. The molecular weight excluding hydrogens is 527 g/mol. The van der Waals surface area contributed by atoms with Gasteiger partial charge in [0.1, 0.15) is 12.2 Å². The van der Waals surface area contributed by atoms with Gasteiger partial charge in [0.2, 0.25) is 0 Å². The maximum atomic E-state index is 6.62. The van der Waals surface area contributed by atoms with E-state index in [1.165, 1.54) is 5.56 Å². The Morgan fingerprint density at radius 2 is 1.54 bits per heavy atom. The van der Waals surface area contributed by atoms with Gasteiger partial charge < -0.3 is 4.90 Å². The minimum atomic E-state index is 0.622. The summed E-state index contributed by atoms with van der Waals surface area (Å²) in [4.78, 5) is 19.1. The van der Waals surface area contributed by atoms with E-state index in [2.05, 4.69) is 25.8 Å². The number of benzene rings is 3. The highest BCUT2D eigenvalue weighted by atomic mass is 35.5. The van der Waals surface area contributed by atoms with Crippen LogP contribution in [-0.4, -0.2) is 50.6 Å². The van der Waals surface area contributed by atoms with Gasteiger partial charge in [0, 0.05) is 54.0 Å². The molecule has 6 nitrogen and oxygen atoms in total. The topological polar surface area (TPSA) is 50.1 Å². The van der Waals surface area contributed by atoms with Crippen molar-refractivity contribution in [2.75, 3.05) is 31.1 Å². The molecule has 5 aromatic rings. The normalized spacial score (nSPS) is 14.4. The Morgan fingerprint density at radius 3 is 2.30 bits per heavy atom. The highest BCUT2D eigenvalue weighted by molar-refractivity contribution is 6.33. The van der Waals surface area contributed by atoms with Crippen LogP contribution in [0.25, 0.3) is 28.2 Å². The van der Waals surface area contributed by atoms with Crippen molar-refractivity contribution >= 4 is 51.8 Å². The van der Waals surface area contributed by atoms with Gasteiger partial charge in [0.05, 0.1) is 5.02 Å². The molecule has 37 heavy (non-hydrogen) atoms. The molecular formula is C28H23Cl3N6. The van der Waals surface area contributed by atoms with Crippen LogP contribution in [0, 0.1) is 0 Å². The van der Waals surface area contributed by atoms with Crippen LogP contribution < -0.4 is 4.90 Å². The smallest absolute Gasteiger partial charge is 0.170 e. The van der Waals surface area contributed by atoms with E-state index in [1.807, 2.05) is 71.3 Å². The van der Waals surface area contributed by atoms with Crippen LogP contribution in [-0.2, 0) is 6.54 Å². The molecule has 0 saturated carbocycles. The van der Waals surface area contributed by atoms with Crippen LogP contribution in [0.4, 0.5) is 5.82 Å². The molecule has 0 aliphatic carbocycles. The standard InChI is InChI=1S/C28H23Cl3N6/c29-20-8-10-22(11-9-20)37-26(23-6-1-2-7-24(23)31)34-25-27(32-18-33-28(25)37)36-14-12-35(13-15-36)17-19-4-3-5-21(30)16-19/h1-11,16,18H,12-15,17H2. The molecule has 0 amide bonds. The molecule has 3 heterocycles. The van der Waals surface area contributed by atoms with Gasteiger partial charge in [0.15, 0.2) is 17.0 Å². The van der Waals surface area contributed by atoms with E-state index in [0.717, 1.165) is 66.0 Å². The van der Waals surface area contributed by atoms with Crippen molar-refractivity contribution in [3.05, 3.63) is 99.8 Å². The lowest BCUT2D eigenvalue weighted by atomic mass is 10.2. The summed E-state index contributed by atoms with van der Waals surface area (Å²) in [6.45, 7) is 4.36. The molecule has 1 fully saturated rings. The molecule has 0 radical (unpaired) electrons. The summed E-state index contributed by atoms with van der Waals surface area (Å²) in [6.07, 6.45) is 1.61. The highest BCUT2D eigenvalue weighted by Crippen LogP contribution is 2.35. The molecule has 186 valence electrons. The number of hydrogen-bond donors (Lipinski definition) is 0. The third-order valence-corrected chi connectivity index (χ3v) is 7.41. The second kappa shape index (κ2) is 10.3. The Kier molecular flexibility index (Phi) is 6.74. The number of aromatic nitrogens is 4. The van der Waals surface area contributed by atoms with E-state index in [1.54, 1.807) is 6.33 Å². The summed E-state index contributed by atoms with van der Waals surface area (Å²) in [6, 6.07) is 23.4. The maximum absolute atomic E-state index is 6.62. The summed E-state index contributed by atoms with van der Waals surface area (Å²) in [5.41, 5.74) is 4.42. The Bertz CT molecular complexity index is 1560. The minimum absolute atomic E-state index is 0.622. The predicted octanol–water partition coefficient (Wildman–Crippen LogP) is 6.76. The maximum Gasteiger partial charge on any atom is 0.170 e. The first-order chi connectivity index (χ1) is 18.1. The summed E-state index contributed by atoms with van der Waals surface area (Å²) < 4.78 is 2.02. The minimum Gasteiger partial charge on any atom is -0.352 e. The summed E-state index contributed by atoms with van der Waals surface area (Å²) in [7, 11) is 0. The first-order valence-corrected chi connectivity index (χ1v) is 13.2. The second-order valence-corrected chi connectivity index (χ2v) is 10.3. The Balaban J connectivity index is 1.36. The lowest BCUT2D eigenvalue weighted by Gasteiger charge is -2.35. The van der Waals surface area contributed by atoms with Crippen LogP contribution >= 0.6 is 34.8 Å². The van der Waals surface area contributed by atoms with Crippen molar-refractivity contribution in [3.63, 3.8) is 0 Å². The van der Waals surface area contributed by atoms with Crippen molar-refractivity contribution in [3.8, 4) is 17.1 Å². The summed E-state index contributed by atoms with van der Waals surface area (Å²) >= 11 is 19.0. The number of piperazine rings is 1. The fourth-order valence-electron chi connectivity index (χ4n) is 4.78. The quantitative estimate of drug-likeness (QED) is 0.242. The predicted molar refractivity (Wildman–Crippen MR) is 151 cm³/mol. The zero-order valence-electron chi connectivity index (χ0n) is 19.9. The lowest BCUT2D eigenvalue weighted by molar-refractivity contribution is 0.249. The van der Waals surface area contributed by atoms with Crippen molar-refractivity contribution in [1.82, 2.24) is 24.4 Å². The number of hydrogen-bond acceptors (Lipinski definition) is 5. The molecule has 1 aliphatic heterocycles. The Hall–Kier alpha value is -3.16. The third kappa shape index (κ3) is 4.90. The van der Waals surface area contributed by atoms with Gasteiger partial charge in [-0.25, -0.2) is 15.0 Å². The number of nitrogens with zero attached hydrogens (tertiary/aromatic N) is 6. The molecule has 3 aromatic carbocycles. The van der Waals surface area contributed by atoms with Crippen LogP contribution in [0.15, 0.2) is 79.1 Å². The number of anilines is 1. The van der Waals surface area contributed by atoms with Crippen molar-refractivity contribution in [2.45, 2.75) is 6.54 Å². The van der Waals surface area contributed by atoms with Crippen LogP contribution in [0.5, 0.6) is 0 Å². The number of rotatable bonds is 5. The van der Waals surface area contributed by atoms with Crippen molar-refractivity contribution in [2.24, 2.45) is 0 Å². The monoisotopic (exact) mass is 548 g/mol. The molecule has 0 atom stereocenters. The summed E-state index contributed by atoms with van der Waals surface area (Å²) in [5.74, 6) is 1.54. The Labute approximate surface area is 230 Å². The van der Waals surface area contributed by atoms with Gasteiger partial charge in [-0.3, -0.25) is 9.47 Å². The van der Waals surface area contributed by atoms with Gasteiger partial charge >= 0.3 is 0 Å². The molecule has 6 rings (SSSR count). The average molecular weight is 550 g/mol. The second-order valence-electron chi connectivity index (χ2n) is 8.99. The van der Waals surface area contributed by atoms with Crippen LogP contribution in [0.3, 0.4) is 0 Å². The van der Waals surface area contributed by atoms with E-state index in [9.17, 15) is 0 Å². The van der Waals surface area contributed by atoms with Crippen LogP contribution in [0.2, 0.25) is 15.1 Å². The van der Waals surface area contributed by atoms with E-state index >= 15 is 0 Å². The zero-order chi connectivity index (χ0) is 25.4. The third-order valence-electron chi connectivity index (χ3n) is 6.59. The van der Waals surface area contributed by atoms with Crippen molar-refractivity contribution < 1.29 is 0 Å². The molecule has 9 heteroatoms. The van der Waals surface area contributed by atoms with Gasteiger partial charge in [0.25, 0.3) is 0 Å². The van der Waals surface area contributed by atoms with Gasteiger partial charge in [-0.2, -0.15) is 0 Å². The fourth-order valence-corrected chi connectivity index (χ4v) is 5.34. The van der Waals surface area contributed by atoms with E-state index in [-0.39, 0.29) is 0 Å². The highest BCUT2D eigenvalue weighted by Gasteiger charge is 2.25. The SMILES string of the molecule is Clc1ccc(-n2c(-c3ccccc3Cl)nc3c(N4CCN(Cc5cccc(Cl)c5)CC4)ncnc32)cc1. The molecule has 2 aromatic heterocycles. The van der Waals surface area contributed by atoms with E-state index in [4.69, 9.17) is 39.8 Å². The van der Waals surface area contributed by atoms with E-state index in [0.29, 0.717) is 15.9 Å². The largest absolute Gasteiger partial charge is 0.352 e. The fraction of sp³-hybridized carbons (Fsp3) is 0.179. The van der Waals surface area contributed by atoms with Gasteiger partial charge in [-0.1, -0.05) is 59.1 Å². The number of imidazole rings is 1. The van der Waals surface area contributed by atoms with E-state index < -0.39 is 0 Å². The van der Waals surface area contributed by atoms with Crippen molar-refractivity contribution in [1.29, 1.82) is 0 Å². The first-order valence-electron chi connectivity index (χ1n) is 12.0. The molecule has 0 unspecified atom stereocenters. The molecule has 0 N–H and O–H groups in total. The number of fused-ring (bicyclic) bond motifs is 1. The zero-order valence-corrected chi connectivity index (χ0v) is 22.1. The number of halogens is 3. The average Bonchev–Trinajstić information content (AvgIpc) is 3.29. The Morgan fingerprint density at radius 1 is 0.757 bits per heavy atom. The van der Waals surface area contributed by atoms with Gasteiger partial charge in [-0.15, -0.1) is 0 Å². The molecule has 1 saturated heterocycles. The molecule has 1 aliphatic rings. The molecule has 0 spiro atoms. The van der Waals surface area contributed by atoms with Crippen LogP contribution in [0.1, 0.15) is 5.56 Å².